The van der Waals surface area contributed by atoms with E-state index in [1.807, 2.05) is 30.3 Å². The molecule has 1 N–H and O–H groups in total. The molecule has 18 heavy (non-hydrogen) atoms. The van der Waals surface area contributed by atoms with Crippen LogP contribution in [0.4, 0.5) is 0 Å². The van der Waals surface area contributed by atoms with Crippen LogP contribution in [0.3, 0.4) is 0 Å². The molecule has 1 aromatic rings. The number of benzene rings is 1. The molecule has 0 unspecified atom stereocenters. The predicted octanol–water partition coefficient (Wildman–Crippen LogP) is 3.54. The van der Waals surface area contributed by atoms with Gasteiger partial charge in [0.2, 0.25) is 0 Å². The molecule has 1 aliphatic rings. The first kappa shape index (κ1) is 12.9. The number of allylic oxidation sites excluding steroid dienone is 1. The molecule has 2 rings (SSSR count). The lowest BCUT2D eigenvalue weighted by Gasteiger charge is -2.25. The third-order valence-electron chi connectivity index (χ3n) is 3.40. The zero-order chi connectivity index (χ0) is 12.8. The molecule has 0 radical (unpaired) electrons. The molecular weight excluding hydrogens is 222 g/mol. The molecule has 1 saturated carbocycles. The molecule has 2 nitrogen and oxygen atoms in total. The average molecular weight is 243 g/mol. The van der Waals surface area contributed by atoms with Crippen molar-refractivity contribution in [2.24, 2.45) is 0 Å². The second-order valence-corrected chi connectivity index (χ2v) is 5.01. The Labute approximate surface area is 109 Å². The lowest BCUT2D eigenvalue weighted by molar-refractivity contribution is -0.112. The molecule has 0 amide bonds. The maximum Gasteiger partial charge on any atom is 0.154 e. The molecule has 1 aliphatic carbocycles. The lowest BCUT2D eigenvalue weighted by Crippen LogP contribution is -2.30. The summed E-state index contributed by atoms with van der Waals surface area (Å²) in [6.45, 7) is 1.60. The smallest absolute Gasteiger partial charge is 0.154 e. The average Bonchev–Trinajstić information content (AvgIpc) is 2.40. The Kier molecular flexibility index (Phi) is 4.57. The van der Waals surface area contributed by atoms with Crippen molar-refractivity contribution in [2.75, 3.05) is 0 Å². The summed E-state index contributed by atoms with van der Waals surface area (Å²) in [6, 6.07) is 10.6. The molecule has 0 aliphatic heterocycles. The van der Waals surface area contributed by atoms with Crippen LogP contribution in [0.5, 0.6) is 0 Å². The van der Waals surface area contributed by atoms with Gasteiger partial charge >= 0.3 is 0 Å². The van der Waals surface area contributed by atoms with Gasteiger partial charge in [0.25, 0.3) is 0 Å². The highest BCUT2D eigenvalue weighted by Crippen LogP contribution is 2.21. The Bertz CT molecular complexity index is 416. The highest BCUT2D eigenvalue weighted by Gasteiger charge is 2.14. The summed E-state index contributed by atoms with van der Waals surface area (Å²) in [5.41, 5.74) is 2.06. The largest absolute Gasteiger partial charge is 0.382 e. The summed E-state index contributed by atoms with van der Waals surface area (Å²) in [5.74, 6) is 0.0946. The van der Waals surface area contributed by atoms with Crippen molar-refractivity contribution in [3.63, 3.8) is 0 Å². The van der Waals surface area contributed by atoms with Crippen molar-refractivity contribution >= 4 is 11.5 Å². The summed E-state index contributed by atoms with van der Waals surface area (Å²) in [5, 5.41) is 3.54. The van der Waals surface area contributed by atoms with Gasteiger partial charge in [0.1, 0.15) is 0 Å². The van der Waals surface area contributed by atoms with Crippen LogP contribution in [0, 0.1) is 0 Å². The fraction of sp³-hybridized carbons (Fsp3) is 0.438. The minimum Gasteiger partial charge on any atom is -0.382 e. The minimum atomic E-state index is 0.0946. The van der Waals surface area contributed by atoms with Crippen LogP contribution in [0.2, 0.25) is 0 Å². The fourth-order valence-corrected chi connectivity index (χ4v) is 2.50. The van der Waals surface area contributed by atoms with Gasteiger partial charge in [-0.05, 0) is 25.3 Å². The molecular formula is C16H21NO. The van der Waals surface area contributed by atoms with E-state index in [0.29, 0.717) is 6.04 Å². The first-order valence-electron chi connectivity index (χ1n) is 6.80. The van der Waals surface area contributed by atoms with Gasteiger partial charge in [-0.2, -0.15) is 0 Å². The molecule has 96 valence electrons. The van der Waals surface area contributed by atoms with Crippen LogP contribution in [0.1, 0.15) is 44.6 Å². The number of ketones is 1. The zero-order valence-corrected chi connectivity index (χ0v) is 11.0. The van der Waals surface area contributed by atoms with Gasteiger partial charge in [-0.15, -0.1) is 0 Å². The van der Waals surface area contributed by atoms with Crippen LogP contribution < -0.4 is 5.32 Å². The molecule has 1 aromatic carbocycles. The van der Waals surface area contributed by atoms with Gasteiger partial charge in [0.15, 0.2) is 5.78 Å². The molecule has 0 aromatic heterocycles. The van der Waals surface area contributed by atoms with E-state index in [1.54, 1.807) is 13.0 Å². The number of hydrogen-bond acceptors (Lipinski definition) is 2. The van der Waals surface area contributed by atoms with Crippen molar-refractivity contribution in [2.45, 2.75) is 45.1 Å². The number of nitrogens with one attached hydrogen (secondary N) is 1. The second kappa shape index (κ2) is 6.39. The molecule has 0 spiro atoms. The lowest BCUT2D eigenvalue weighted by atomic mass is 9.95. The number of hydrogen-bond donors (Lipinski definition) is 1. The Morgan fingerprint density at radius 2 is 1.83 bits per heavy atom. The topological polar surface area (TPSA) is 29.1 Å². The van der Waals surface area contributed by atoms with Crippen LogP contribution in [0.15, 0.2) is 36.4 Å². The minimum absolute atomic E-state index is 0.0946. The first-order chi connectivity index (χ1) is 8.75. The number of carbonyl (C=O) groups excluding carboxylic acids is 1. The van der Waals surface area contributed by atoms with Crippen molar-refractivity contribution in [1.29, 1.82) is 0 Å². The van der Waals surface area contributed by atoms with E-state index in [2.05, 4.69) is 5.32 Å². The predicted molar refractivity (Wildman–Crippen MR) is 75.1 cm³/mol. The van der Waals surface area contributed by atoms with Gasteiger partial charge < -0.3 is 5.32 Å². The van der Waals surface area contributed by atoms with Gasteiger partial charge in [0.05, 0.1) is 0 Å². The maximum absolute atomic E-state index is 11.4. The zero-order valence-electron chi connectivity index (χ0n) is 11.0. The highest BCUT2D eigenvalue weighted by molar-refractivity contribution is 5.94. The van der Waals surface area contributed by atoms with E-state index < -0.39 is 0 Å². The van der Waals surface area contributed by atoms with E-state index in [4.69, 9.17) is 0 Å². The third-order valence-corrected chi connectivity index (χ3v) is 3.40. The number of rotatable bonds is 4. The van der Waals surface area contributed by atoms with Crippen LogP contribution in [0.25, 0.3) is 5.70 Å². The normalized spacial score (nSPS) is 17.5. The van der Waals surface area contributed by atoms with Crippen molar-refractivity contribution < 1.29 is 4.79 Å². The standard InChI is InChI=1S/C16H21NO/c1-13(18)12-16(14-8-4-2-5-9-14)17-15-10-6-3-7-11-15/h2,4-5,8-9,12,15,17H,3,6-7,10-11H2,1H3/b16-12-. The molecule has 0 bridgehead atoms. The van der Waals surface area contributed by atoms with Gasteiger partial charge in [-0.25, -0.2) is 0 Å². The maximum atomic E-state index is 11.4. The van der Waals surface area contributed by atoms with E-state index in [9.17, 15) is 4.79 Å². The van der Waals surface area contributed by atoms with E-state index in [1.165, 1.54) is 32.1 Å². The summed E-state index contributed by atoms with van der Waals surface area (Å²) in [7, 11) is 0. The third kappa shape index (κ3) is 3.73. The Balaban J connectivity index is 2.13. The molecule has 0 saturated heterocycles. The quantitative estimate of drug-likeness (QED) is 0.819. The van der Waals surface area contributed by atoms with E-state index >= 15 is 0 Å². The summed E-state index contributed by atoms with van der Waals surface area (Å²) >= 11 is 0. The van der Waals surface area contributed by atoms with Gasteiger partial charge in [-0.1, -0.05) is 49.6 Å². The van der Waals surface area contributed by atoms with Crippen LogP contribution in [-0.2, 0) is 4.79 Å². The van der Waals surface area contributed by atoms with E-state index in [-0.39, 0.29) is 5.78 Å². The van der Waals surface area contributed by atoms with Gasteiger partial charge in [0, 0.05) is 17.8 Å². The highest BCUT2D eigenvalue weighted by atomic mass is 16.1. The molecule has 1 fully saturated rings. The second-order valence-electron chi connectivity index (χ2n) is 5.01. The van der Waals surface area contributed by atoms with E-state index in [0.717, 1.165) is 11.3 Å². The SMILES string of the molecule is CC(=O)/C=C(\NC1CCCCC1)c1ccccc1. The first-order valence-corrected chi connectivity index (χ1v) is 6.80. The number of carbonyl (C=O) groups is 1. The van der Waals surface area contributed by atoms with Gasteiger partial charge in [-0.3, -0.25) is 4.79 Å². The van der Waals surface area contributed by atoms with Crippen molar-refractivity contribution in [3.8, 4) is 0 Å². The Morgan fingerprint density at radius 1 is 1.17 bits per heavy atom. The van der Waals surface area contributed by atoms with Crippen molar-refractivity contribution in [1.82, 2.24) is 5.32 Å². The van der Waals surface area contributed by atoms with Crippen LogP contribution >= 0.6 is 0 Å². The van der Waals surface area contributed by atoms with Crippen LogP contribution in [-0.4, -0.2) is 11.8 Å². The summed E-state index contributed by atoms with van der Waals surface area (Å²) in [6.07, 6.45) is 8.06. The van der Waals surface area contributed by atoms with Crippen molar-refractivity contribution in [3.05, 3.63) is 42.0 Å². The Morgan fingerprint density at radius 3 is 2.44 bits per heavy atom. The Hall–Kier alpha value is -1.57. The summed E-state index contributed by atoms with van der Waals surface area (Å²) in [4.78, 5) is 11.4. The molecule has 0 heterocycles. The molecule has 2 heteroatoms. The fourth-order valence-electron chi connectivity index (χ4n) is 2.50. The summed E-state index contributed by atoms with van der Waals surface area (Å²) < 4.78 is 0. The molecule has 0 atom stereocenters. The monoisotopic (exact) mass is 243 g/mol.